The Balaban J connectivity index is 0.000000208. The molecule has 10 atom stereocenters. The molecular weight excluding hydrogens is 1600 g/mol. The van der Waals surface area contributed by atoms with Gasteiger partial charge in [0.25, 0.3) is 0 Å². The van der Waals surface area contributed by atoms with Gasteiger partial charge in [-0.05, 0) is 137 Å². The Bertz CT molecular complexity index is 4570. The summed E-state index contributed by atoms with van der Waals surface area (Å²) in [5.74, 6) is -2.85. The van der Waals surface area contributed by atoms with Crippen LogP contribution in [0.3, 0.4) is 0 Å². The number of Topliss-reactive ketones (excluding diaryl/α,β-unsaturated/α-hetero) is 1. The number of aliphatic carboxylic acids is 1. The van der Waals surface area contributed by atoms with Crippen LogP contribution in [0.2, 0.25) is 0 Å². The number of alkyl halides is 1. The van der Waals surface area contributed by atoms with Crippen LogP contribution < -0.4 is 61.9 Å². The molecule has 2 aromatic carbocycles. The normalized spacial score (nSPS) is 23.7. The molecule has 0 bridgehead atoms. The number of nitrogens with zero attached hydrogens (tertiary/aromatic N) is 5. The van der Waals surface area contributed by atoms with Crippen molar-refractivity contribution in [1.82, 2.24) is 56.7 Å². The Morgan fingerprint density at radius 1 is 0.624 bits per heavy atom. The zero-order valence-corrected chi connectivity index (χ0v) is 72.1. The number of rotatable bonds is 26. The number of fused-ring (bicyclic) bond motifs is 2. The molecule has 32 heteroatoms. The number of hydrogen-bond acceptors (Lipinski definition) is 21. The molecule has 0 spiro atoms. The van der Waals surface area contributed by atoms with E-state index in [1.165, 1.54) is 72.8 Å². The first-order valence-corrected chi connectivity index (χ1v) is 43.1. The number of carboxylic acids is 1. The molecule has 29 nitrogen and oxygen atoms in total. The predicted molar refractivity (Wildman–Crippen MR) is 453 cm³/mol. The van der Waals surface area contributed by atoms with Gasteiger partial charge in [0.1, 0.15) is 87.9 Å². The lowest BCUT2D eigenvalue weighted by molar-refractivity contribution is -0.148. The quantitative estimate of drug-likeness (QED) is 0.00816. The number of urea groups is 1. The van der Waals surface area contributed by atoms with E-state index < -0.39 is 112 Å². The van der Waals surface area contributed by atoms with Crippen LogP contribution in [0.25, 0.3) is 33.2 Å². The molecule has 5 aromatic rings. The SMILES string of the molecule is C=C[C@@H]1C[C@]1(NC(=O)[C@@H]1C[C@@H](Oc2cc(-c3csc(NC4CCCC4)n3)nc3cc(OC)c(C)cc23)CN1C(=O)[C@@H](NC(=O)NC1CCCC1)C(C)(C)C)C(=O)O.C=C[C@@H]1C[C@]1(NC(=O)[C@@H]1C[C@@H](Oc2cc(C(=O)CBr)nc3cc(OC)c(C)cc23)CN1C(=O)[C@@H](NC(=O)OC1CCCC1)C(C)(C)C)C(=O)OC.NC(=S)NC1CCCC1. The number of aryl methyl sites for hydroxylation is 2. The van der Waals surface area contributed by atoms with Gasteiger partial charge in [0.15, 0.2) is 16.0 Å². The third kappa shape index (κ3) is 21.0. The first kappa shape index (κ1) is 88.4. The second kappa shape index (κ2) is 37.7. The number of carbonyl (C=O) groups is 9. The van der Waals surface area contributed by atoms with E-state index in [2.05, 4.69) is 71.3 Å². The highest BCUT2D eigenvalue weighted by Crippen LogP contribution is 2.48. The first-order valence-electron chi connectivity index (χ1n) is 40.7. The van der Waals surface area contributed by atoms with Crippen molar-refractivity contribution >= 4 is 125 Å². The van der Waals surface area contributed by atoms with Crippen LogP contribution in [-0.4, -0.2) is 200 Å². The Morgan fingerprint density at radius 3 is 1.56 bits per heavy atom. The first-order chi connectivity index (χ1) is 55.6. The largest absolute Gasteiger partial charge is 0.496 e. The van der Waals surface area contributed by atoms with Crippen molar-refractivity contribution in [3.8, 4) is 34.4 Å². The Morgan fingerprint density at radius 2 is 1.09 bits per heavy atom. The van der Waals surface area contributed by atoms with Gasteiger partial charge in [0, 0.05) is 83.2 Å². The Labute approximate surface area is 701 Å². The van der Waals surface area contributed by atoms with Gasteiger partial charge in [-0.2, -0.15) is 0 Å². The minimum atomic E-state index is -1.50. The Hall–Kier alpha value is -9.43. The summed E-state index contributed by atoms with van der Waals surface area (Å²) in [5, 5.41) is 35.7. The van der Waals surface area contributed by atoms with Crippen molar-refractivity contribution in [3.63, 3.8) is 0 Å². The summed E-state index contributed by atoms with van der Waals surface area (Å²) in [7, 11) is 4.41. The molecule has 634 valence electrons. The molecular formula is C85H114BrN13O16S2. The monoisotopic (exact) mass is 1720 g/mol. The number of aromatic nitrogens is 3. The number of likely N-dealkylation sites (tertiary alicyclic amines) is 2. The fraction of sp³-hybridized carbons (Fsp3) is 0.588. The van der Waals surface area contributed by atoms with Crippen LogP contribution in [-0.2, 0) is 38.2 Å². The standard InChI is InChI=1S/C42H55N7O7S.C37H47BrN4O9.C6H12N2S/c1-7-24-20-42(24,38(52)53)48-36(50)32-17-27(21-49(32)37(51)35(41(3,4)5)47-39(54)43-25-12-8-9-13-25)56-34-19-30(45-29-18-33(55-6)23(2)16-28(29)34)31-22-57-40(46-31)44-26-14-10-11-15-26;1-8-21-17-37(21,34(46)49-7)41-32(44)27-14-23(19-42(27)33(45)31(36(3,4)5)40-35(47)51-22-11-9-10-12-22)50-30-16-26(28(43)18-38)39-25-15-29(48-6)20(2)13-24(25)30;7-6(9)8-5-3-1-2-4-5/h7,16,18-19,22,24-27,32,35H,1,8-15,17,20-21H2,2-6H3,(H,44,46)(H,48,50)(H,52,53)(H2,43,47,54);8,13,15-16,21-23,27,31H,1,9-12,14,17-19H2,2-7H3,(H,40,47)(H,41,44);5H,1-4H2,(H3,7,8,9)/t24-,27-,32+,35-,42-;21-,23-,27+,31-,37-;/m11./s1. The van der Waals surface area contributed by atoms with Gasteiger partial charge in [0.2, 0.25) is 23.6 Å². The number of thiocarbonyl (C=S) groups is 1. The summed E-state index contributed by atoms with van der Waals surface area (Å²) < 4.78 is 35.2. The highest BCUT2D eigenvalue weighted by atomic mass is 79.9. The highest BCUT2D eigenvalue weighted by molar-refractivity contribution is 9.09. The van der Waals surface area contributed by atoms with Crippen molar-refractivity contribution in [2.75, 3.05) is 45.1 Å². The molecule has 3 aromatic heterocycles. The third-order valence-corrected chi connectivity index (χ3v) is 25.1. The molecule has 8 fully saturated rings. The average Bonchev–Trinajstić information content (AvgIpc) is 1.57. The van der Waals surface area contributed by atoms with Gasteiger partial charge >= 0.3 is 24.1 Å². The number of alkyl carbamates (subject to hydrolysis) is 1. The van der Waals surface area contributed by atoms with Crippen molar-refractivity contribution < 1.29 is 76.7 Å². The molecule has 0 radical (unpaired) electrons. The molecule has 6 saturated carbocycles. The van der Waals surface area contributed by atoms with E-state index in [1.54, 1.807) is 32.4 Å². The van der Waals surface area contributed by atoms with E-state index >= 15 is 0 Å². The summed E-state index contributed by atoms with van der Waals surface area (Å²) in [6, 6.07) is 7.14. The molecule has 10 N–H and O–H groups in total. The Kier molecular flexibility index (Phi) is 28.5. The van der Waals surface area contributed by atoms with Crippen LogP contribution in [0, 0.1) is 36.5 Å². The smallest absolute Gasteiger partial charge is 0.408 e. The van der Waals surface area contributed by atoms with Crippen LogP contribution in [0.1, 0.15) is 192 Å². The molecule has 0 unspecified atom stereocenters. The fourth-order valence-electron chi connectivity index (χ4n) is 16.9. The van der Waals surface area contributed by atoms with Crippen LogP contribution in [0.15, 0.2) is 67.1 Å². The molecule has 13 rings (SSSR count). The number of esters is 1. The zero-order valence-electron chi connectivity index (χ0n) is 68.9. The van der Waals surface area contributed by atoms with Gasteiger partial charge in [-0.3, -0.25) is 24.0 Å². The number of benzene rings is 2. The van der Waals surface area contributed by atoms with E-state index in [0.29, 0.717) is 74.4 Å². The molecule has 6 aliphatic carbocycles. The van der Waals surface area contributed by atoms with Gasteiger partial charge < -0.3 is 86.3 Å². The number of thiazole rings is 1. The van der Waals surface area contributed by atoms with Crippen molar-refractivity contribution in [1.29, 1.82) is 0 Å². The van der Waals surface area contributed by atoms with E-state index in [1.807, 2.05) is 85.0 Å². The molecule has 2 saturated heterocycles. The summed E-state index contributed by atoms with van der Waals surface area (Å²) in [4.78, 5) is 139. The number of ketones is 1. The van der Waals surface area contributed by atoms with E-state index in [0.717, 1.165) is 85.9 Å². The van der Waals surface area contributed by atoms with E-state index in [4.69, 9.17) is 56.3 Å². The van der Waals surface area contributed by atoms with Crippen molar-refractivity contribution in [3.05, 3.63) is 83.9 Å². The minimum absolute atomic E-state index is 0.0147. The number of nitrogens with one attached hydrogen (secondary N) is 7. The number of amides is 7. The van der Waals surface area contributed by atoms with E-state index in [-0.39, 0.29) is 67.2 Å². The average molecular weight is 1720 g/mol. The van der Waals surface area contributed by atoms with Gasteiger partial charge in [-0.25, -0.2) is 34.1 Å². The number of anilines is 1. The zero-order chi connectivity index (χ0) is 84.6. The minimum Gasteiger partial charge on any atom is -0.496 e. The number of pyridine rings is 2. The van der Waals surface area contributed by atoms with Crippen molar-refractivity contribution in [2.24, 2.45) is 28.4 Å². The summed E-state index contributed by atoms with van der Waals surface area (Å²) >= 11 is 9.44. The lowest BCUT2D eigenvalue weighted by Gasteiger charge is -2.35. The maximum absolute atomic E-state index is 14.7. The number of carbonyl (C=O) groups excluding carboxylic acids is 8. The van der Waals surface area contributed by atoms with Gasteiger partial charge in [-0.15, -0.1) is 24.5 Å². The lowest BCUT2D eigenvalue weighted by atomic mass is 9.85. The predicted octanol–water partition coefficient (Wildman–Crippen LogP) is 11.7. The van der Waals surface area contributed by atoms with Crippen LogP contribution in [0.5, 0.6) is 23.0 Å². The summed E-state index contributed by atoms with van der Waals surface area (Å²) in [6.45, 7) is 22.4. The second-order valence-corrected chi connectivity index (χ2v) is 36.2. The lowest BCUT2D eigenvalue weighted by Crippen LogP contribution is -2.60. The molecule has 7 amide bonds. The fourth-order valence-corrected chi connectivity index (χ4v) is 18.1. The topological polar surface area (TPSA) is 385 Å². The molecule has 8 aliphatic rings. The molecule has 2 aliphatic heterocycles. The van der Waals surface area contributed by atoms with Crippen LogP contribution >= 0.6 is 39.5 Å². The third-order valence-electron chi connectivity index (χ3n) is 23.7. The van der Waals surface area contributed by atoms with Gasteiger partial charge in [-0.1, -0.05) is 108 Å². The highest BCUT2D eigenvalue weighted by Gasteiger charge is 2.63. The van der Waals surface area contributed by atoms with Crippen molar-refractivity contribution in [2.45, 2.75) is 255 Å². The molecule has 5 heterocycles. The second-order valence-electron chi connectivity index (χ2n) is 34.3. The number of methoxy groups -OCH3 is 3. The number of hydrogen-bond donors (Lipinski definition) is 9. The number of ether oxygens (including phenoxy) is 6. The number of halogens is 1. The summed E-state index contributed by atoms with van der Waals surface area (Å²) in [6.07, 6.45) is 18.5. The number of nitrogens with two attached hydrogens (primary N) is 1. The number of carboxylic acid groups (broad SMARTS) is 1. The maximum Gasteiger partial charge on any atom is 0.408 e. The summed E-state index contributed by atoms with van der Waals surface area (Å²) in [5.41, 5.74) is 5.23. The van der Waals surface area contributed by atoms with Crippen LogP contribution in [0.4, 0.5) is 14.7 Å². The van der Waals surface area contributed by atoms with Gasteiger partial charge in [0.05, 0.1) is 56.5 Å². The van der Waals surface area contributed by atoms with E-state index in [9.17, 15) is 48.3 Å². The molecule has 117 heavy (non-hydrogen) atoms. The maximum atomic E-state index is 14.7.